The van der Waals surface area contributed by atoms with Gasteiger partial charge in [-0.25, -0.2) is 0 Å². The van der Waals surface area contributed by atoms with Gasteiger partial charge in [0.2, 0.25) is 0 Å². The van der Waals surface area contributed by atoms with Crippen LogP contribution >= 0.6 is 0 Å². The number of rotatable bonds is 0. The first-order valence-electron chi connectivity index (χ1n) is 2.06. The zero-order chi connectivity index (χ0) is 6.85. The summed E-state index contributed by atoms with van der Waals surface area (Å²) in [5.74, 6) is 5.01. The molecule has 0 saturated carbocycles. The van der Waals surface area contributed by atoms with Gasteiger partial charge < -0.3 is 5.73 Å². The number of nitrogens with two attached hydrogens (primary N) is 2. The molecule has 0 radical (unpaired) electrons. The summed E-state index contributed by atoms with van der Waals surface area (Å²) in [7, 11) is 0. The maximum absolute atomic E-state index is 8.10. The molecule has 0 aliphatic carbocycles. The molecule has 9 heavy (non-hydrogen) atoms. The predicted molar refractivity (Wildman–Crippen MR) is 29.3 cm³/mol. The molecule has 0 atom stereocenters. The van der Waals surface area contributed by atoms with E-state index < -0.39 is 0 Å². The Morgan fingerprint density at radius 3 is 2.44 bits per heavy atom. The molecule has 0 bridgehead atoms. The lowest BCUT2D eigenvalue weighted by Crippen LogP contribution is -2.10. The Morgan fingerprint density at radius 2 is 2.22 bits per heavy atom. The van der Waals surface area contributed by atoms with Crippen LogP contribution in [0.4, 0.5) is 11.9 Å². The average Bonchev–Trinajstić information content (AvgIpc) is 2.15. The Labute approximate surface area is 49.9 Å². The van der Waals surface area contributed by atoms with Gasteiger partial charge in [0.05, 0.1) is 10.5 Å². The summed E-state index contributed by atoms with van der Waals surface area (Å²) in [5.41, 5.74) is 5.11. The molecule has 4 N–H and O–H groups in total. The monoisotopic (exact) mass is 126 g/mol. The molecule has 1 aromatic rings. The van der Waals surface area contributed by atoms with Crippen LogP contribution in [0.15, 0.2) is 0 Å². The molecule has 1 rings (SSSR count). The third-order valence-electron chi connectivity index (χ3n) is 0.794. The molecule has 1 aromatic heterocycles. The Balaban J connectivity index is 3.24. The second-order valence-electron chi connectivity index (χ2n) is 1.33. The molecule has 0 unspecified atom stereocenters. The number of hydrogen-bond donors (Lipinski definition) is 2. The van der Waals surface area contributed by atoms with Gasteiger partial charge in [0.1, 0.15) is 0 Å². The minimum atomic E-state index is -0.118. The minimum absolute atomic E-state index is 0.00259. The van der Waals surface area contributed by atoms with E-state index in [0.29, 0.717) is 0 Å². The van der Waals surface area contributed by atoms with E-state index in [0.717, 1.165) is 4.68 Å². The number of aromatic nitrogens is 3. The summed E-state index contributed by atoms with van der Waals surface area (Å²) in [6.45, 7) is 0. The Hall–Kier alpha value is -1.84. The van der Waals surface area contributed by atoms with E-state index in [9.17, 15) is 0 Å². The Bertz CT molecular complexity index is 252. The third kappa shape index (κ3) is 0.616. The molecule has 1 heterocycles. The minimum Gasteiger partial charge on any atom is -0.352 e. The van der Waals surface area contributed by atoms with E-state index in [2.05, 4.69) is 15.2 Å². The highest BCUT2D eigenvalue weighted by Gasteiger charge is 2.17. The lowest BCUT2D eigenvalue weighted by molar-refractivity contribution is 1.03. The van der Waals surface area contributed by atoms with E-state index in [1.54, 1.807) is 0 Å². The molecule has 0 amide bonds. The highest BCUT2D eigenvalue weighted by Crippen LogP contribution is 2.05. The smallest absolute Gasteiger partial charge is 0.352 e. The predicted octanol–water partition coefficient (Wildman–Crippen LogP) is -0.941. The van der Waals surface area contributed by atoms with Crippen molar-refractivity contribution in [1.29, 1.82) is 5.39 Å². The van der Waals surface area contributed by atoms with Gasteiger partial charge >= 0.3 is 11.9 Å². The molecular formula is C2H4N7+. The van der Waals surface area contributed by atoms with Crippen molar-refractivity contribution in [3.05, 3.63) is 4.98 Å². The molecule has 0 aliphatic heterocycles. The molecular weight excluding hydrogens is 122 g/mol. The fraction of sp³-hybridized carbons (Fsp3) is 0. The fourth-order valence-electron chi connectivity index (χ4n) is 0.363. The molecule has 0 saturated heterocycles. The van der Waals surface area contributed by atoms with Gasteiger partial charge in [-0.1, -0.05) is 4.68 Å². The number of nitrogen functional groups attached to an aromatic ring is 2. The maximum atomic E-state index is 8.10. The average molecular weight is 126 g/mol. The van der Waals surface area contributed by atoms with Gasteiger partial charge in [-0.05, 0) is 10.1 Å². The first-order chi connectivity index (χ1) is 4.25. The van der Waals surface area contributed by atoms with Crippen molar-refractivity contribution in [3.8, 4) is 0 Å². The lowest BCUT2D eigenvalue weighted by Gasteiger charge is -1.78. The summed E-state index contributed by atoms with van der Waals surface area (Å²) >= 11 is 0. The van der Waals surface area contributed by atoms with Crippen LogP contribution in [0.1, 0.15) is 0 Å². The topological polar surface area (TPSA) is 111 Å². The van der Waals surface area contributed by atoms with Crippen molar-refractivity contribution in [3.63, 3.8) is 0 Å². The second kappa shape index (κ2) is 1.59. The van der Waals surface area contributed by atoms with Crippen molar-refractivity contribution in [2.24, 2.45) is 0 Å². The van der Waals surface area contributed by atoms with Crippen molar-refractivity contribution in [1.82, 2.24) is 14.9 Å². The zero-order valence-corrected chi connectivity index (χ0v) is 4.39. The van der Waals surface area contributed by atoms with Crippen LogP contribution in [-0.4, -0.2) is 14.9 Å². The third-order valence-corrected chi connectivity index (χ3v) is 0.794. The van der Waals surface area contributed by atoms with Crippen molar-refractivity contribution in [2.45, 2.75) is 0 Å². The summed E-state index contributed by atoms with van der Waals surface area (Å²) in [6.07, 6.45) is 0. The van der Waals surface area contributed by atoms with Crippen LogP contribution < -0.4 is 11.6 Å². The highest BCUT2D eigenvalue weighted by molar-refractivity contribution is 5.33. The van der Waals surface area contributed by atoms with Crippen LogP contribution in [-0.2, 0) is 0 Å². The van der Waals surface area contributed by atoms with E-state index in [1.165, 1.54) is 0 Å². The van der Waals surface area contributed by atoms with Gasteiger partial charge in [0.25, 0.3) is 0 Å². The molecule has 0 fully saturated rings. The van der Waals surface area contributed by atoms with Crippen LogP contribution in [0.3, 0.4) is 0 Å². The molecule has 7 heteroatoms. The van der Waals surface area contributed by atoms with E-state index in [1.807, 2.05) is 0 Å². The van der Waals surface area contributed by atoms with Gasteiger partial charge in [-0.2, -0.15) is 0 Å². The highest BCUT2D eigenvalue weighted by atomic mass is 15.5. The van der Waals surface area contributed by atoms with Crippen molar-refractivity contribution >= 4 is 11.9 Å². The molecule has 0 spiro atoms. The number of diazo groups is 1. The van der Waals surface area contributed by atoms with Gasteiger partial charge in [-0.15, -0.1) is 0 Å². The SMILES string of the molecule is N#[N+]c1nnc(N)n1N. The second-order valence-corrected chi connectivity index (χ2v) is 1.33. The summed E-state index contributed by atoms with van der Waals surface area (Å²) in [4.78, 5) is 2.68. The normalized spacial score (nSPS) is 8.78. The van der Waals surface area contributed by atoms with E-state index >= 15 is 0 Å². The van der Waals surface area contributed by atoms with Crippen molar-refractivity contribution < 1.29 is 0 Å². The van der Waals surface area contributed by atoms with Gasteiger partial charge in [-0.3, -0.25) is 5.84 Å². The standard InChI is InChI=1S/C2H4N7/c3-1-7-8-2(6-4)9(1)5/h5H2,(H2,3,7)/q+1. The summed E-state index contributed by atoms with van der Waals surface area (Å²) in [6, 6.07) is 0. The Morgan fingerprint density at radius 1 is 1.56 bits per heavy atom. The number of hydrogen-bond acceptors (Lipinski definition) is 5. The fourth-order valence-corrected chi connectivity index (χ4v) is 0.363. The van der Waals surface area contributed by atoms with Crippen LogP contribution in [0.5, 0.6) is 0 Å². The number of nitrogens with zero attached hydrogens (tertiary/aromatic N) is 5. The quantitative estimate of drug-likeness (QED) is 0.344. The van der Waals surface area contributed by atoms with Crippen LogP contribution in [0.2, 0.25) is 0 Å². The molecule has 46 valence electrons. The van der Waals surface area contributed by atoms with Crippen LogP contribution in [0.25, 0.3) is 4.98 Å². The zero-order valence-electron chi connectivity index (χ0n) is 4.39. The molecule has 0 aliphatic rings. The summed E-state index contributed by atoms with van der Waals surface area (Å²) in [5, 5.41) is 14.7. The first kappa shape index (κ1) is 5.30. The van der Waals surface area contributed by atoms with E-state index in [4.69, 9.17) is 17.0 Å². The van der Waals surface area contributed by atoms with Crippen LogP contribution in [0, 0.1) is 5.39 Å². The number of anilines is 1. The summed E-state index contributed by atoms with van der Waals surface area (Å²) < 4.78 is 0.861. The Kier molecular flexibility index (Phi) is 0.936. The van der Waals surface area contributed by atoms with Crippen molar-refractivity contribution in [2.75, 3.05) is 11.6 Å². The lowest BCUT2D eigenvalue weighted by atomic mass is 11.0. The molecule has 7 nitrogen and oxygen atoms in total. The largest absolute Gasteiger partial charge is 0.574 e. The first-order valence-corrected chi connectivity index (χ1v) is 2.06. The van der Waals surface area contributed by atoms with Gasteiger partial charge in [0.15, 0.2) is 0 Å². The van der Waals surface area contributed by atoms with E-state index in [-0.39, 0.29) is 11.9 Å². The maximum Gasteiger partial charge on any atom is 0.574 e. The van der Waals surface area contributed by atoms with Gasteiger partial charge in [0, 0.05) is 0 Å². The molecule has 0 aromatic carbocycles.